The number of hydrogen-bond acceptors (Lipinski definition) is 4. The van der Waals surface area contributed by atoms with Crippen molar-refractivity contribution in [2.75, 3.05) is 46.1 Å². The Bertz CT molecular complexity index is 391. The summed E-state index contributed by atoms with van der Waals surface area (Å²) in [4.78, 5) is 16.3. The molecule has 7 nitrogen and oxygen atoms in total. The summed E-state index contributed by atoms with van der Waals surface area (Å²) in [6.07, 6.45) is 3.39. The van der Waals surface area contributed by atoms with Gasteiger partial charge in [-0.3, -0.25) is 9.79 Å². The van der Waals surface area contributed by atoms with Crippen LogP contribution in [-0.2, 0) is 14.3 Å². The quantitative estimate of drug-likeness (QED) is 0.171. The number of carbonyl (C=O) groups is 1. The molecule has 2 unspecified atom stereocenters. The first kappa shape index (κ1) is 25.4. The molecule has 0 bridgehead atoms. The highest BCUT2D eigenvalue weighted by Crippen LogP contribution is 2.12. The van der Waals surface area contributed by atoms with E-state index in [2.05, 4.69) is 27.9 Å². The molecule has 1 aliphatic rings. The average molecular weight is 484 g/mol. The van der Waals surface area contributed by atoms with E-state index in [1.807, 2.05) is 13.8 Å². The van der Waals surface area contributed by atoms with Gasteiger partial charge in [0.2, 0.25) is 5.91 Å². The summed E-state index contributed by atoms with van der Waals surface area (Å²) in [5.41, 5.74) is 0. The molecule has 1 rings (SSSR count). The third-order valence-electron chi connectivity index (χ3n) is 4.10. The molecular weight excluding hydrogens is 447 g/mol. The number of amides is 1. The van der Waals surface area contributed by atoms with Crippen molar-refractivity contribution in [2.24, 2.45) is 10.9 Å². The van der Waals surface area contributed by atoms with E-state index >= 15 is 0 Å². The van der Waals surface area contributed by atoms with Crippen LogP contribution in [0.2, 0.25) is 0 Å². The lowest BCUT2D eigenvalue weighted by Gasteiger charge is -2.13. The Hall–Kier alpha value is -0.610. The third kappa shape index (κ3) is 12.7. The molecule has 0 aromatic carbocycles. The van der Waals surface area contributed by atoms with E-state index in [0.717, 1.165) is 58.2 Å². The topological polar surface area (TPSA) is 84.0 Å². The van der Waals surface area contributed by atoms with Crippen molar-refractivity contribution in [3.8, 4) is 0 Å². The summed E-state index contributed by atoms with van der Waals surface area (Å²) in [6, 6.07) is 0.227. The molecule has 0 aromatic rings. The number of guanidine groups is 1. The van der Waals surface area contributed by atoms with Gasteiger partial charge in [0.05, 0.1) is 13.2 Å². The fourth-order valence-electron chi connectivity index (χ4n) is 2.41. The van der Waals surface area contributed by atoms with Crippen molar-refractivity contribution in [3.63, 3.8) is 0 Å². The maximum Gasteiger partial charge on any atom is 0.221 e. The van der Waals surface area contributed by atoms with E-state index in [1.165, 1.54) is 0 Å². The predicted molar refractivity (Wildman–Crippen MR) is 116 cm³/mol. The second-order valence-electron chi connectivity index (χ2n) is 6.47. The Morgan fingerprint density at radius 3 is 2.81 bits per heavy atom. The summed E-state index contributed by atoms with van der Waals surface area (Å²) in [5, 5.41) is 9.35. The van der Waals surface area contributed by atoms with Gasteiger partial charge < -0.3 is 25.4 Å². The van der Waals surface area contributed by atoms with Crippen LogP contribution >= 0.6 is 24.0 Å². The van der Waals surface area contributed by atoms with E-state index in [1.54, 1.807) is 0 Å². The average Bonchev–Trinajstić information content (AvgIpc) is 3.11. The highest BCUT2D eigenvalue weighted by molar-refractivity contribution is 14.0. The second kappa shape index (κ2) is 16.6. The second-order valence-corrected chi connectivity index (χ2v) is 6.47. The smallest absolute Gasteiger partial charge is 0.221 e. The molecule has 0 aromatic heterocycles. The number of aliphatic imine (C=N–C) groups is 1. The summed E-state index contributed by atoms with van der Waals surface area (Å²) < 4.78 is 11.0. The van der Waals surface area contributed by atoms with E-state index < -0.39 is 0 Å². The molecule has 3 N–H and O–H groups in total. The van der Waals surface area contributed by atoms with Gasteiger partial charge in [0, 0.05) is 51.2 Å². The van der Waals surface area contributed by atoms with Crippen LogP contribution < -0.4 is 16.0 Å². The Morgan fingerprint density at radius 1 is 1.35 bits per heavy atom. The fourth-order valence-corrected chi connectivity index (χ4v) is 2.41. The van der Waals surface area contributed by atoms with Gasteiger partial charge in [-0.2, -0.15) is 0 Å². The van der Waals surface area contributed by atoms with Crippen molar-refractivity contribution in [3.05, 3.63) is 0 Å². The minimum Gasteiger partial charge on any atom is -0.381 e. The molecule has 154 valence electrons. The van der Waals surface area contributed by atoms with Gasteiger partial charge in [0.15, 0.2) is 5.96 Å². The summed E-state index contributed by atoms with van der Waals surface area (Å²) in [5.74, 6) is 1.38. The lowest BCUT2D eigenvalue weighted by atomic mass is 10.1. The molecule has 1 amide bonds. The van der Waals surface area contributed by atoms with Gasteiger partial charge in [-0.05, 0) is 33.1 Å². The molecule has 1 saturated heterocycles. The zero-order valence-corrected chi connectivity index (χ0v) is 18.8. The lowest BCUT2D eigenvalue weighted by Crippen LogP contribution is -2.40. The number of carbonyl (C=O) groups excluding carboxylic acids is 1. The molecular formula is C18H37IN4O3. The Labute approximate surface area is 175 Å². The first-order valence-electron chi connectivity index (χ1n) is 9.62. The minimum atomic E-state index is 0. The first-order chi connectivity index (χ1) is 12.2. The van der Waals surface area contributed by atoms with Gasteiger partial charge >= 0.3 is 0 Å². The van der Waals surface area contributed by atoms with Gasteiger partial charge in [-0.15, -0.1) is 24.0 Å². The van der Waals surface area contributed by atoms with Crippen molar-refractivity contribution < 1.29 is 14.3 Å². The lowest BCUT2D eigenvalue weighted by molar-refractivity contribution is -0.121. The van der Waals surface area contributed by atoms with E-state index in [0.29, 0.717) is 25.4 Å². The number of ether oxygens (including phenoxy) is 2. The highest BCUT2D eigenvalue weighted by Gasteiger charge is 2.15. The van der Waals surface area contributed by atoms with E-state index in [4.69, 9.17) is 9.47 Å². The molecule has 2 atom stereocenters. The van der Waals surface area contributed by atoms with E-state index in [-0.39, 0.29) is 35.9 Å². The zero-order chi connectivity index (χ0) is 18.3. The molecule has 0 aliphatic carbocycles. The molecule has 1 fully saturated rings. The maximum absolute atomic E-state index is 11.8. The first-order valence-corrected chi connectivity index (χ1v) is 9.62. The Balaban J connectivity index is 0.00000625. The molecule has 1 aliphatic heterocycles. The zero-order valence-electron chi connectivity index (χ0n) is 16.5. The van der Waals surface area contributed by atoms with Crippen molar-refractivity contribution in [1.29, 1.82) is 0 Å². The van der Waals surface area contributed by atoms with Gasteiger partial charge in [0.25, 0.3) is 0 Å². The SMILES string of the molecule is CCNC(=NCCCOCC1CCOC1)NCCC(=O)NC(C)CC.I. The molecule has 0 spiro atoms. The van der Waals surface area contributed by atoms with E-state index in [9.17, 15) is 4.79 Å². The summed E-state index contributed by atoms with van der Waals surface area (Å²) >= 11 is 0. The van der Waals surface area contributed by atoms with Crippen molar-refractivity contribution in [2.45, 2.75) is 52.5 Å². The van der Waals surface area contributed by atoms with Gasteiger partial charge in [-0.1, -0.05) is 6.92 Å². The van der Waals surface area contributed by atoms with Gasteiger partial charge in [0.1, 0.15) is 0 Å². The number of nitrogens with one attached hydrogen (secondary N) is 3. The summed E-state index contributed by atoms with van der Waals surface area (Å²) in [6.45, 7) is 11.4. The Kier molecular flexibility index (Phi) is 16.2. The normalized spacial score (nSPS) is 18.1. The van der Waals surface area contributed by atoms with Crippen LogP contribution in [0.25, 0.3) is 0 Å². The highest BCUT2D eigenvalue weighted by atomic mass is 127. The number of rotatable bonds is 12. The van der Waals surface area contributed by atoms with Crippen LogP contribution in [-0.4, -0.2) is 64.0 Å². The van der Waals surface area contributed by atoms with Crippen LogP contribution in [0.5, 0.6) is 0 Å². The maximum atomic E-state index is 11.8. The molecule has 26 heavy (non-hydrogen) atoms. The standard InChI is InChI=1S/C18H36N4O3.HI/c1-4-15(3)22-17(23)7-10-21-18(19-5-2)20-9-6-11-24-13-16-8-12-25-14-16;/h15-16H,4-14H2,1-3H3,(H,22,23)(H2,19,20,21);1H. The van der Waals surface area contributed by atoms with Crippen LogP contribution in [0.4, 0.5) is 0 Å². The fraction of sp³-hybridized carbons (Fsp3) is 0.889. The van der Waals surface area contributed by atoms with Crippen LogP contribution in [0, 0.1) is 5.92 Å². The van der Waals surface area contributed by atoms with Crippen LogP contribution in [0.15, 0.2) is 4.99 Å². The number of nitrogens with zero attached hydrogens (tertiary/aromatic N) is 1. The minimum absolute atomic E-state index is 0. The Morgan fingerprint density at radius 2 is 2.15 bits per heavy atom. The van der Waals surface area contributed by atoms with Crippen LogP contribution in [0.3, 0.4) is 0 Å². The molecule has 1 heterocycles. The van der Waals surface area contributed by atoms with Gasteiger partial charge in [-0.25, -0.2) is 0 Å². The van der Waals surface area contributed by atoms with Crippen molar-refractivity contribution >= 4 is 35.8 Å². The number of halogens is 1. The molecule has 0 saturated carbocycles. The van der Waals surface area contributed by atoms with Crippen LogP contribution in [0.1, 0.15) is 46.5 Å². The predicted octanol–water partition coefficient (Wildman–Crippen LogP) is 1.91. The monoisotopic (exact) mass is 484 g/mol. The van der Waals surface area contributed by atoms with Crippen molar-refractivity contribution in [1.82, 2.24) is 16.0 Å². The third-order valence-corrected chi connectivity index (χ3v) is 4.10. The summed E-state index contributed by atoms with van der Waals surface area (Å²) in [7, 11) is 0. The molecule has 0 radical (unpaired) electrons. The largest absolute Gasteiger partial charge is 0.381 e. The molecule has 8 heteroatoms. The number of hydrogen-bond donors (Lipinski definition) is 3.